The maximum absolute atomic E-state index is 2.51. The van der Waals surface area contributed by atoms with Crippen molar-refractivity contribution in [1.82, 2.24) is 0 Å². The van der Waals surface area contributed by atoms with Crippen LogP contribution in [0, 0.1) is 13.8 Å². The molecule has 10 rings (SSSR count). The third kappa shape index (κ3) is 2.84. The van der Waals surface area contributed by atoms with Gasteiger partial charge in [0.15, 0.2) is 0 Å². The second-order valence-electron chi connectivity index (χ2n) is 13.3. The Kier molecular flexibility index (Phi) is 4.59. The van der Waals surface area contributed by atoms with Crippen LogP contribution in [0.5, 0.6) is 0 Å². The van der Waals surface area contributed by atoms with Crippen LogP contribution in [0.25, 0.3) is 78.2 Å². The van der Waals surface area contributed by atoms with E-state index in [2.05, 4.69) is 86.7 Å². The van der Waals surface area contributed by atoms with Gasteiger partial charge in [0, 0.05) is 0 Å². The van der Waals surface area contributed by atoms with E-state index in [1.165, 1.54) is 87.2 Å². The molecule has 0 aliphatic heterocycles. The smallest absolute Gasteiger partial charge is 0.00132 e. The Balaban J connectivity index is 1.59. The van der Waals surface area contributed by atoms with Crippen LogP contribution >= 0.6 is 0 Å². The quantitative estimate of drug-likeness (QED) is 0.133. The number of rotatable bonds is 0. The second-order valence-corrected chi connectivity index (χ2v) is 13.3. The van der Waals surface area contributed by atoms with Crippen LogP contribution in [0.1, 0.15) is 81.3 Å². The van der Waals surface area contributed by atoms with Gasteiger partial charge < -0.3 is 0 Å². The van der Waals surface area contributed by atoms with Crippen LogP contribution in [0.2, 0.25) is 0 Å². The first-order chi connectivity index (χ1) is 20.7. The first-order valence-corrected chi connectivity index (χ1v) is 16.1. The third-order valence-corrected chi connectivity index (χ3v) is 10.9. The molecule has 0 nitrogen and oxygen atoms in total. The number of allylic oxidation sites excluding steroid dienone is 4. The first-order valence-electron chi connectivity index (χ1n) is 16.1. The van der Waals surface area contributed by atoms with E-state index in [1.807, 2.05) is 0 Å². The Hall–Kier alpha value is -4.16. The summed E-state index contributed by atoms with van der Waals surface area (Å²) < 4.78 is 0. The maximum Gasteiger partial charge on any atom is -0.00132 e. The van der Waals surface area contributed by atoms with Crippen LogP contribution < -0.4 is 0 Å². The minimum absolute atomic E-state index is 1.15. The lowest BCUT2D eigenvalue weighted by atomic mass is 9.74. The molecule has 0 radical (unpaired) electrons. The van der Waals surface area contributed by atoms with Crippen LogP contribution in [0.3, 0.4) is 0 Å². The van der Waals surface area contributed by atoms with E-state index in [-0.39, 0.29) is 0 Å². The lowest BCUT2D eigenvalue weighted by molar-refractivity contribution is 0.911. The van der Waals surface area contributed by atoms with Crippen molar-refractivity contribution in [3.8, 4) is 0 Å². The molecule has 0 N–H and O–H groups in total. The summed E-state index contributed by atoms with van der Waals surface area (Å²) in [5, 5.41) is 14.7. The molecule has 0 saturated carbocycles. The molecule has 0 fully saturated rings. The predicted molar refractivity (Wildman–Crippen MR) is 184 cm³/mol. The molecule has 0 atom stereocenters. The minimum Gasteiger partial charge on any atom is -0.0836 e. The summed E-state index contributed by atoms with van der Waals surface area (Å²) in [4.78, 5) is 0. The van der Waals surface area contributed by atoms with Crippen molar-refractivity contribution < 1.29 is 0 Å². The third-order valence-electron chi connectivity index (χ3n) is 10.9. The molecule has 4 aliphatic carbocycles. The first kappa shape index (κ1) is 23.4. The highest BCUT2D eigenvalue weighted by molar-refractivity contribution is 6.42. The largest absolute Gasteiger partial charge is 0.0836 e. The Morgan fingerprint density at radius 2 is 0.619 bits per heavy atom. The summed E-state index contributed by atoms with van der Waals surface area (Å²) in [6.07, 6.45) is 28.8. The highest BCUT2D eigenvalue weighted by Crippen LogP contribution is 2.52. The molecule has 0 spiro atoms. The van der Waals surface area contributed by atoms with Crippen LogP contribution in [-0.4, -0.2) is 0 Å². The van der Waals surface area contributed by atoms with Crippen molar-refractivity contribution in [1.29, 1.82) is 0 Å². The molecular weight excluding hydrogens is 504 g/mol. The number of fused-ring (bicyclic) bond motifs is 16. The average molecular weight is 539 g/mol. The normalized spacial score (nSPS) is 17.1. The van der Waals surface area contributed by atoms with Gasteiger partial charge in [-0.05, 0) is 175 Å². The summed E-state index contributed by atoms with van der Waals surface area (Å²) >= 11 is 0. The maximum atomic E-state index is 2.51. The van der Waals surface area contributed by atoms with Gasteiger partial charge in [0.1, 0.15) is 0 Å². The lowest BCUT2D eigenvalue weighted by Crippen LogP contribution is -2.09. The average Bonchev–Trinajstić information content (AvgIpc) is 3.03. The van der Waals surface area contributed by atoms with Gasteiger partial charge in [0.25, 0.3) is 0 Å². The van der Waals surface area contributed by atoms with E-state index >= 15 is 0 Å². The molecule has 6 aromatic rings. The standard InChI is InChI=1S/C42H34/c1-23-19-33-37-29-15-7-3-11-25(29)27-13-5-9-17-31(27)39(37)35-21-24(2)22-36-40-32-18-10-6-14-28(32)26-12-4-8-16-30(26)38(40)34(20-23)41(33)42(35)36/h7-10,15-22H,3-6,11-14H2,1-2H3. The van der Waals surface area contributed by atoms with E-state index < -0.39 is 0 Å². The van der Waals surface area contributed by atoms with Crippen molar-refractivity contribution in [3.63, 3.8) is 0 Å². The van der Waals surface area contributed by atoms with E-state index in [0.717, 1.165) is 51.4 Å². The van der Waals surface area contributed by atoms with E-state index in [1.54, 1.807) is 22.3 Å². The zero-order chi connectivity index (χ0) is 27.7. The summed E-state index contributed by atoms with van der Waals surface area (Å²) in [7, 11) is 0. The Morgan fingerprint density at radius 1 is 0.357 bits per heavy atom. The van der Waals surface area contributed by atoms with Gasteiger partial charge in [-0.1, -0.05) is 72.9 Å². The second kappa shape index (κ2) is 8.23. The van der Waals surface area contributed by atoms with Gasteiger partial charge in [-0.2, -0.15) is 0 Å². The number of benzene rings is 6. The fourth-order valence-electron chi connectivity index (χ4n) is 9.41. The molecule has 0 aromatic heterocycles. The minimum atomic E-state index is 1.15. The molecule has 0 saturated heterocycles. The fourth-order valence-corrected chi connectivity index (χ4v) is 9.41. The van der Waals surface area contributed by atoms with Crippen molar-refractivity contribution in [2.45, 2.75) is 65.2 Å². The fraction of sp³-hybridized carbons (Fsp3) is 0.238. The summed E-state index contributed by atoms with van der Waals surface area (Å²) in [5.74, 6) is 0. The number of hydrogen-bond donors (Lipinski definition) is 0. The number of aryl methyl sites for hydroxylation is 2. The van der Waals surface area contributed by atoms with E-state index in [4.69, 9.17) is 0 Å². The van der Waals surface area contributed by atoms with Gasteiger partial charge in [-0.3, -0.25) is 0 Å². The Bertz CT molecular complexity index is 2020. The predicted octanol–water partition coefficient (Wildman–Crippen LogP) is 11.3. The molecule has 202 valence electrons. The Labute approximate surface area is 247 Å². The van der Waals surface area contributed by atoms with E-state index in [9.17, 15) is 0 Å². The molecule has 4 aliphatic rings. The molecule has 6 aromatic carbocycles. The summed E-state index contributed by atoms with van der Waals surface area (Å²) in [5.41, 5.74) is 15.1. The molecule has 0 heteroatoms. The van der Waals surface area contributed by atoms with Gasteiger partial charge in [-0.15, -0.1) is 0 Å². The highest BCUT2D eigenvalue weighted by Gasteiger charge is 2.28. The SMILES string of the molecule is Cc1cc2c3c4c(c5c(c3c3cc(C)cc6c7c8c(c9c(c7c(c1)c2c36)C=CCC9)CCC=C8)C=CCC5)CCC=C4. The topological polar surface area (TPSA) is 0 Å². The lowest BCUT2D eigenvalue weighted by Gasteiger charge is -2.29. The molecular formula is C42H34. The van der Waals surface area contributed by atoms with Crippen molar-refractivity contribution in [3.05, 3.63) is 104 Å². The highest BCUT2D eigenvalue weighted by atomic mass is 14.3. The molecule has 0 bridgehead atoms. The zero-order valence-electron chi connectivity index (χ0n) is 24.6. The van der Waals surface area contributed by atoms with Gasteiger partial charge in [0.05, 0.1) is 0 Å². The van der Waals surface area contributed by atoms with Gasteiger partial charge in [0.2, 0.25) is 0 Å². The van der Waals surface area contributed by atoms with E-state index in [0.29, 0.717) is 0 Å². The molecule has 0 amide bonds. The molecule has 0 heterocycles. The Morgan fingerprint density at radius 3 is 0.881 bits per heavy atom. The summed E-state index contributed by atoms with van der Waals surface area (Å²) in [6, 6.07) is 10.0. The van der Waals surface area contributed by atoms with Crippen LogP contribution in [0.4, 0.5) is 0 Å². The van der Waals surface area contributed by atoms with Crippen molar-refractivity contribution >= 4 is 78.2 Å². The van der Waals surface area contributed by atoms with Gasteiger partial charge in [-0.25, -0.2) is 0 Å². The van der Waals surface area contributed by atoms with Crippen LogP contribution in [0.15, 0.2) is 48.6 Å². The summed E-state index contributed by atoms with van der Waals surface area (Å²) in [6.45, 7) is 4.63. The monoisotopic (exact) mass is 538 g/mol. The van der Waals surface area contributed by atoms with Crippen molar-refractivity contribution in [2.75, 3.05) is 0 Å². The zero-order valence-corrected chi connectivity index (χ0v) is 24.6. The van der Waals surface area contributed by atoms with Crippen molar-refractivity contribution in [2.24, 2.45) is 0 Å². The molecule has 0 unspecified atom stereocenters. The van der Waals surface area contributed by atoms with Gasteiger partial charge >= 0.3 is 0 Å². The van der Waals surface area contributed by atoms with Crippen LogP contribution in [-0.2, 0) is 25.7 Å². The number of hydrogen-bond acceptors (Lipinski definition) is 0. The molecule has 42 heavy (non-hydrogen) atoms.